The first-order valence-electron chi connectivity index (χ1n) is 30.1. The zero-order chi connectivity index (χ0) is 72.9. The number of nitrogens with two attached hydrogens (primary N) is 1. The summed E-state index contributed by atoms with van der Waals surface area (Å²) >= 11 is 0. The summed E-state index contributed by atoms with van der Waals surface area (Å²) < 4.78 is 166. The molecular weight excluding hydrogens is 1380 g/mol. The lowest BCUT2D eigenvalue weighted by Crippen LogP contribution is -2.50. The Balaban J connectivity index is 0.000000196. The SMILES string of the molecule is CC[C@H]1O[C@@H](N2C=CC(=O)CC2=O)C(F)(F)[C@@H]1C.CC[C@H]1O[C@@H](N2C=CC(=O)CC2=O)C(F)(F)[C@@H]1O.CC[C@H]1O[C@@H](n2ccc(NC(=O)c3ccccc3)nc2=O)C(F)(F)[C@@H]1C.Cl.Nc1ccn([C@@H]2O[C@H](CO)[C@@H](O)C2(F)F)c(=O)n1.O=C1C=CN([C@@H]2O[C@H](CO)[C@@H](O)C2(F)F)C(=O)C1. The molecule has 8 N–H and O–H groups in total. The van der Waals surface area contributed by atoms with Crippen LogP contribution in [0.2, 0.25) is 0 Å². The van der Waals surface area contributed by atoms with Gasteiger partial charge in [0.1, 0.15) is 29.9 Å². The molecule has 3 aromatic rings. The number of hydrogen-bond acceptors (Lipinski definition) is 22. The number of allylic oxidation sites excluding steroid dienone is 3. The zero-order valence-corrected chi connectivity index (χ0v) is 53.6. The highest BCUT2D eigenvalue weighted by molar-refractivity contribution is 6.08. The van der Waals surface area contributed by atoms with Crippen LogP contribution in [-0.4, -0.2) is 211 Å². The average molecular weight is 1450 g/mol. The van der Waals surface area contributed by atoms with Gasteiger partial charge in [0.25, 0.3) is 17.8 Å². The standard InChI is InChI=1S/C18H19F2N3O3.C12H15F2NO3.C11H13F2NO4.C10H11F2NO5.C9H11F2N3O4.ClH/c1-3-13-11(2)18(19,20)16(26-13)23-10-9-14(22-17(23)25)21-15(24)12-7-5-4-6-8-12;1-3-9-7(2)12(13,14)11(18-9)15-5-4-8(16)6-10(15)17;1-2-7-9(17)11(12,13)10(18-7)14-4-3-6(15)5-8(14)16;11-10(12)8(17)6(4-14)18-9(10)13-2-1-5(15)3-7(13)16;10-9(11)6(16)4(3-15)18-7(9)14-2-1-5(12)13-8(14)17;/h4-11,13,16H,3H2,1-2H3,(H,21,22,24,25);4-5,7,9,11H,3,6H2,1-2H3;3-4,7,9-10,17H,2,5H2,1H3;1-2,6,8-9,14,17H,3-4H2;1-2,4,6-7,15-16H,3H2,(H2,12,13,17);1H/t11-,13-,16-;7-,9-,11-;7-,9-,10-;6-,8-,9-;4-,6-,7-;/m11111./s1. The minimum Gasteiger partial charge on any atom is -0.394 e. The molecule has 5 saturated heterocycles. The van der Waals surface area contributed by atoms with Gasteiger partial charge >= 0.3 is 29.1 Å². The number of aliphatic hydroxyl groups is 5. The predicted molar refractivity (Wildman–Crippen MR) is 320 cm³/mol. The van der Waals surface area contributed by atoms with Crippen molar-refractivity contribution in [2.24, 2.45) is 11.8 Å². The fraction of sp³-hybridized carbons (Fsp3) is 0.550. The van der Waals surface area contributed by atoms with Gasteiger partial charge in [-0.15, -0.1) is 12.4 Å². The quantitative estimate of drug-likeness (QED) is 0.101. The van der Waals surface area contributed by atoms with Crippen LogP contribution in [0.15, 0.2) is 101 Å². The van der Waals surface area contributed by atoms with Gasteiger partial charge in [0, 0.05) is 36.6 Å². The Morgan fingerprint density at radius 2 is 0.838 bits per heavy atom. The first-order chi connectivity index (χ1) is 45.8. The Morgan fingerprint density at radius 3 is 1.20 bits per heavy atom. The number of hydrogen-bond donors (Lipinski definition) is 7. The van der Waals surface area contributed by atoms with Crippen LogP contribution >= 0.6 is 12.4 Å². The Bertz CT molecular complexity index is 3470. The number of nitrogen functional groups attached to an aromatic ring is 1. The van der Waals surface area contributed by atoms with Gasteiger partial charge in [0.15, 0.2) is 29.6 Å². The number of nitrogens with zero attached hydrogens (tertiary/aromatic N) is 7. The molecule has 11 rings (SSSR count). The summed E-state index contributed by atoms with van der Waals surface area (Å²) in [4.78, 5) is 112. The summed E-state index contributed by atoms with van der Waals surface area (Å²) in [6.07, 6.45) is -12.7. The molecule has 15 atom stereocenters. The lowest BCUT2D eigenvalue weighted by molar-refractivity contribution is -0.173. The van der Waals surface area contributed by atoms with Crippen molar-refractivity contribution in [3.8, 4) is 0 Å². The Labute approximate surface area is 561 Å². The van der Waals surface area contributed by atoms with E-state index in [0.717, 1.165) is 58.6 Å². The van der Waals surface area contributed by atoms with E-state index in [2.05, 4.69) is 15.3 Å². The molecular formula is C60H70ClF10N9O19. The summed E-state index contributed by atoms with van der Waals surface area (Å²) in [5.74, 6) is -23.4. The maximum Gasteiger partial charge on any atom is 0.351 e. The molecule has 0 bridgehead atoms. The van der Waals surface area contributed by atoms with E-state index < -0.39 is 194 Å². The predicted octanol–water partition coefficient (Wildman–Crippen LogP) is 3.36. The highest BCUT2D eigenvalue weighted by Gasteiger charge is 2.64. The number of ether oxygens (including phenoxy) is 5. The van der Waals surface area contributed by atoms with Crippen molar-refractivity contribution < 1.29 is 127 Å². The second-order valence-electron chi connectivity index (χ2n) is 23.2. The molecule has 39 heteroatoms. The van der Waals surface area contributed by atoms with Crippen LogP contribution in [0.3, 0.4) is 0 Å². The number of anilines is 2. The summed E-state index contributed by atoms with van der Waals surface area (Å²) in [5.41, 5.74) is 3.69. The van der Waals surface area contributed by atoms with Crippen LogP contribution in [0.1, 0.15) is 96.0 Å². The third-order valence-electron chi connectivity index (χ3n) is 16.6. The van der Waals surface area contributed by atoms with E-state index >= 15 is 0 Å². The Kier molecular flexibility index (Phi) is 26.0. The third-order valence-corrected chi connectivity index (χ3v) is 16.6. The van der Waals surface area contributed by atoms with E-state index in [1.807, 2.05) is 0 Å². The van der Waals surface area contributed by atoms with E-state index in [4.69, 9.17) is 39.6 Å². The number of aromatic nitrogens is 4. The number of alkyl halides is 10. The summed E-state index contributed by atoms with van der Waals surface area (Å²) in [6, 6.07) is 10.8. The van der Waals surface area contributed by atoms with Gasteiger partial charge in [-0.3, -0.25) is 57.4 Å². The van der Waals surface area contributed by atoms with Crippen molar-refractivity contribution in [1.29, 1.82) is 0 Å². The van der Waals surface area contributed by atoms with E-state index in [9.17, 15) is 102 Å². The van der Waals surface area contributed by atoms with Gasteiger partial charge in [-0.1, -0.05) is 52.8 Å². The fourth-order valence-corrected chi connectivity index (χ4v) is 10.9. The molecule has 0 saturated carbocycles. The van der Waals surface area contributed by atoms with Crippen LogP contribution in [-0.2, 0) is 52.5 Å². The van der Waals surface area contributed by atoms with Crippen LogP contribution < -0.4 is 22.4 Å². The average Bonchev–Trinajstić information content (AvgIpc) is 1.67. The van der Waals surface area contributed by atoms with Gasteiger partial charge < -0.3 is 60.3 Å². The molecule has 1 aromatic carbocycles. The molecule has 0 unspecified atom stereocenters. The first kappa shape index (κ1) is 80.1. The largest absolute Gasteiger partial charge is 0.394 e. The number of aliphatic hydroxyl groups excluding tert-OH is 5. The van der Waals surface area contributed by atoms with Crippen molar-refractivity contribution in [2.45, 2.75) is 183 Å². The highest BCUT2D eigenvalue weighted by atomic mass is 35.5. The van der Waals surface area contributed by atoms with E-state index in [1.165, 1.54) is 26.1 Å². The normalized spacial score (nSPS) is 31.2. The first-order valence-corrected chi connectivity index (χ1v) is 30.1. The molecule has 0 aliphatic carbocycles. The van der Waals surface area contributed by atoms with Crippen molar-refractivity contribution in [3.05, 3.63) is 118 Å². The summed E-state index contributed by atoms with van der Waals surface area (Å²) in [5, 5.41) is 48.1. The topological polar surface area (TPSA) is 384 Å². The van der Waals surface area contributed by atoms with Crippen molar-refractivity contribution >= 4 is 65.0 Å². The number of halogens is 11. The van der Waals surface area contributed by atoms with Gasteiger partial charge in [-0.2, -0.15) is 36.3 Å². The second kappa shape index (κ2) is 32.2. The zero-order valence-electron chi connectivity index (χ0n) is 52.8. The van der Waals surface area contributed by atoms with Gasteiger partial charge in [-0.25, -0.2) is 27.2 Å². The minimum atomic E-state index is -3.71. The monoisotopic (exact) mass is 1450 g/mol. The number of carbonyl (C=O) groups is 7. The minimum absolute atomic E-state index is 0. The number of ketones is 3. The number of benzene rings is 1. The maximum atomic E-state index is 14.5. The fourth-order valence-electron chi connectivity index (χ4n) is 10.9. The van der Waals surface area contributed by atoms with E-state index in [-0.39, 0.29) is 42.7 Å². The van der Waals surface area contributed by atoms with Gasteiger partial charge in [0.05, 0.1) is 62.6 Å². The van der Waals surface area contributed by atoms with Crippen molar-refractivity contribution in [3.63, 3.8) is 0 Å². The lowest BCUT2D eigenvalue weighted by atomic mass is 9.97. The number of nitrogens with one attached hydrogen (secondary N) is 1. The van der Waals surface area contributed by atoms with E-state index in [1.54, 1.807) is 51.1 Å². The second-order valence-corrected chi connectivity index (χ2v) is 23.2. The third kappa shape index (κ3) is 16.9. The molecule has 0 spiro atoms. The molecule has 10 heterocycles. The van der Waals surface area contributed by atoms with Crippen molar-refractivity contribution in [1.82, 2.24) is 33.8 Å². The molecule has 546 valence electrons. The highest BCUT2D eigenvalue weighted by Crippen LogP contribution is 2.48. The van der Waals surface area contributed by atoms with Gasteiger partial charge in [-0.05, 0) is 61.8 Å². The molecule has 4 amide bonds. The van der Waals surface area contributed by atoms with Crippen molar-refractivity contribution in [2.75, 3.05) is 24.3 Å². The molecule has 28 nitrogen and oxygen atoms in total. The number of carbonyl (C=O) groups excluding carboxylic acids is 7. The van der Waals surface area contributed by atoms with Gasteiger partial charge in [0.2, 0.25) is 48.9 Å². The Hall–Kier alpha value is -7.92. The Morgan fingerprint density at radius 1 is 0.505 bits per heavy atom. The molecule has 8 aliphatic heterocycles. The maximum absolute atomic E-state index is 14.5. The van der Waals surface area contributed by atoms with Crippen LogP contribution in [0.25, 0.3) is 0 Å². The van der Waals surface area contributed by atoms with Crippen LogP contribution in [0, 0.1) is 11.8 Å². The smallest absolute Gasteiger partial charge is 0.351 e. The lowest BCUT2D eigenvalue weighted by Gasteiger charge is -2.31. The molecule has 5 fully saturated rings. The molecule has 0 radical (unpaired) electrons. The summed E-state index contributed by atoms with van der Waals surface area (Å²) in [6.45, 7) is 6.35. The molecule has 8 aliphatic rings. The number of rotatable bonds is 12. The van der Waals surface area contributed by atoms with Crippen LogP contribution in [0.4, 0.5) is 55.5 Å². The molecule has 2 aromatic heterocycles. The van der Waals surface area contributed by atoms with E-state index in [0.29, 0.717) is 32.8 Å². The van der Waals surface area contributed by atoms with Crippen LogP contribution in [0.5, 0.6) is 0 Å². The molecule has 99 heavy (non-hydrogen) atoms. The summed E-state index contributed by atoms with van der Waals surface area (Å²) in [7, 11) is 0. The number of amides is 4.